The molecule has 12 heavy (non-hydrogen) atoms. The number of hydrogen-bond acceptors (Lipinski definition) is 0. The van der Waals surface area contributed by atoms with Crippen LogP contribution in [0.3, 0.4) is 0 Å². The molecule has 0 heterocycles. The third-order valence-electron chi connectivity index (χ3n) is 1.48. The molecule has 0 amide bonds. The predicted molar refractivity (Wildman–Crippen MR) is 43.7 cm³/mol. The Labute approximate surface area is 76.5 Å². The second-order valence-corrected chi connectivity index (χ2v) is 3.75. The van der Waals surface area contributed by atoms with Gasteiger partial charge >= 0.3 is 0 Å². The summed E-state index contributed by atoms with van der Waals surface area (Å²) in [5, 5.41) is 0. The van der Waals surface area contributed by atoms with Gasteiger partial charge in [-0.15, -0.1) is 0 Å². The van der Waals surface area contributed by atoms with E-state index in [1.165, 1.54) is 6.92 Å². The first kappa shape index (κ1) is 9.58. The summed E-state index contributed by atoms with van der Waals surface area (Å²) in [5.74, 6) is -2.89. The van der Waals surface area contributed by atoms with E-state index in [4.69, 9.17) is 0 Å². The van der Waals surface area contributed by atoms with Gasteiger partial charge in [0, 0.05) is 10.4 Å². The molecule has 1 aromatic carbocycles. The van der Waals surface area contributed by atoms with Crippen molar-refractivity contribution in [3.8, 4) is 0 Å². The van der Waals surface area contributed by atoms with E-state index in [1.54, 1.807) is 0 Å². The van der Waals surface area contributed by atoms with E-state index in [0.717, 1.165) is 12.1 Å². The molecule has 0 saturated heterocycles. The monoisotopic (exact) mass is 238 g/mol. The lowest BCUT2D eigenvalue weighted by Gasteiger charge is -2.06. The minimum atomic E-state index is -1.13. The molecule has 0 radical (unpaired) electrons. The number of alkyl halides is 1. The molecule has 0 nitrogen and oxygen atoms in total. The van der Waals surface area contributed by atoms with Crippen LogP contribution in [0.5, 0.6) is 0 Å². The Balaban J connectivity index is 3.33. The first-order valence-corrected chi connectivity index (χ1v) is 4.23. The average Bonchev–Trinajstić information content (AvgIpc) is 1.97. The van der Waals surface area contributed by atoms with E-state index in [1.807, 2.05) is 0 Å². The molecular weight excluding hydrogens is 233 g/mol. The summed E-state index contributed by atoms with van der Waals surface area (Å²) in [4.78, 5) is -0.534. The standard InChI is InChI=1S/C8H6BrF3/c1-4(9)7-5(10)2-3-6(11)8(7)12/h2-4H,1H3. The molecule has 0 fully saturated rings. The quantitative estimate of drug-likeness (QED) is 0.519. The maximum Gasteiger partial charge on any atom is 0.166 e. The lowest BCUT2D eigenvalue weighted by Crippen LogP contribution is -1.98. The maximum atomic E-state index is 12.9. The van der Waals surface area contributed by atoms with Crippen LogP contribution < -0.4 is 0 Å². The fourth-order valence-corrected chi connectivity index (χ4v) is 1.33. The molecule has 0 aliphatic rings. The molecule has 1 aromatic rings. The molecule has 0 spiro atoms. The third-order valence-corrected chi connectivity index (χ3v) is 1.94. The van der Waals surface area contributed by atoms with E-state index in [2.05, 4.69) is 15.9 Å². The molecule has 4 heteroatoms. The summed E-state index contributed by atoms with van der Waals surface area (Å²) < 4.78 is 38.3. The Bertz CT molecular complexity index is 297. The van der Waals surface area contributed by atoms with Gasteiger partial charge in [-0.05, 0) is 19.1 Å². The Morgan fingerprint density at radius 1 is 1.17 bits per heavy atom. The van der Waals surface area contributed by atoms with Crippen molar-refractivity contribution < 1.29 is 13.2 Å². The molecule has 0 N–H and O–H groups in total. The molecule has 0 aromatic heterocycles. The van der Waals surface area contributed by atoms with E-state index < -0.39 is 22.3 Å². The second-order valence-electron chi connectivity index (χ2n) is 2.37. The highest BCUT2D eigenvalue weighted by molar-refractivity contribution is 9.09. The molecule has 0 aliphatic heterocycles. The van der Waals surface area contributed by atoms with Crippen molar-refractivity contribution in [3.05, 3.63) is 35.1 Å². The summed E-state index contributed by atoms with van der Waals surface area (Å²) >= 11 is 2.97. The van der Waals surface area contributed by atoms with Crippen LogP contribution in [0.4, 0.5) is 13.2 Å². The Morgan fingerprint density at radius 2 is 1.67 bits per heavy atom. The van der Waals surface area contributed by atoms with Crippen LogP contribution in [-0.4, -0.2) is 0 Å². The highest BCUT2D eigenvalue weighted by Gasteiger charge is 2.16. The van der Waals surface area contributed by atoms with E-state index >= 15 is 0 Å². The van der Waals surface area contributed by atoms with Gasteiger partial charge in [0.2, 0.25) is 0 Å². The van der Waals surface area contributed by atoms with Crippen molar-refractivity contribution in [2.75, 3.05) is 0 Å². The van der Waals surface area contributed by atoms with E-state index in [0.29, 0.717) is 0 Å². The van der Waals surface area contributed by atoms with Crippen LogP contribution in [0.25, 0.3) is 0 Å². The van der Waals surface area contributed by atoms with Crippen LogP contribution in [0.1, 0.15) is 17.3 Å². The van der Waals surface area contributed by atoms with Crippen molar-refractivity contribution in [2.24, 2.45) is 0 Å². The van der Waals surface area contributed by atoms with Crippen molar-refractivity contribution in [2.45, 2.75) is 11.8 Å². The summed E-state index contributed by atoms with van der Waals surface area (Å²) in [5.41, 5.74) is -0.269. The van der Waals surface area contributed by atoms with Crippen LogP contribution in [0.15, 0.2) is 12.1 Å². The van der Waals surface area contributed by atoms with Crippen LogP contribution in [0, 0.1) is 17.5 Å². The Morgan fingerprint density at radius 3 is 2.08 bits per heavy atom. The van der Waals surface area contributed by atoms with Gasteiger partial charge < -0.3 is 0 Å². The smallest absolute Gasteiger partial charge is 0.166 e. The first-order valence-electron chi connectivity index (χ1n) is 3.31. The van der Waals surface area contributed by atoms with E-state index in [9.17, 15) is 13.2 Å². The normalized spacial score (nSPS) is 13.1. The van der Waals surface area contributed by atoms with Gasteiger partial charge in [0.15, 0.2) is 11.6 Å². The topological polar surface area (TPSA) is 0 Å². The molecular formula is C8H6BrF3. The highest BCUT2D eigenvalue weighted by Crippen LogP contribution is 2.28. The molecule has 66 valence electrons. The molecule has 0 aliphatic carbocycles. The SMILES string of the molecule is CC(Br)c1c(F)ccc(F)c1F. The fraction of sp³-hybridized carbons (Fsp3) is 0.250. The van der Waals surface area contributed by atoms with Gasteiger partial charge in [-0.2, -0.15) is 0 Å². The molecule has 0 saturated carbocycles. The van der Waals surface area contributed by atoms with Crippen LogP contribution >= 0.6 is 15.9 Å². The predicted octanol–water partition coefficient (Wildman–Crippen LogP) is 3.56. The largest absolute Gasteiger partial charge is 0.207 e. The summed E-state index contributed by atoms with van der Waals surface area (Å²) in [6, 6.07) is 1.68. The number of rotatable bonds is 1. The highest BCUT2D eigenvalue weighted by atomic mass is 79.9. The van der Waals surface area contributed by atoms with Gasteiger partial charge in [0.05, 0.1) is 0 Å². The van der Waals surface area contributed by atoms with Gasteiger partial charge in [-0.3, -0.25) is 0 Å². The number of hydrogen-bond donors (Lipinski definition) is 0. The third kappa shape index (κ3) is 1.63. The van der Waals surface area contributed by atoms with Gasteiger partial charge in [0.1, 0.15) is 5.82 Å². The summed E-state index contributed by atoms with van der Waals surface area (Å²) in [7, 11) is 0. The van der Waals surface area contributed by atoms with E-state index in [-0.39, 0.29) is 5.56 Å². The van der Waals surface area contributed by atoms with Gasteiger partial charge in [0.25, 0.3) is 0 Å². The zero-order valence-corrected chi connectivity index (χ0v) is 7.83. The minimum Gasteiger partial charge on any atom is -0.207 e. The molecule has 0 bridgehead atoms. The Kier molecular flexibility index (Phi) is 2.77. The maximum absolute atomic E-state index is 12.9. The molecule has 1 rings (SSSR count). The van der Waals surface area contributed by atoms with Crippen molar-refractivity contribution in [3.63, 3.8) is 0 Å². The van der Waals surface area contributed by atoms with Crippen LogP contribution in [-0.2, 0) is 0 Å². The van der Waals surface area contributed by atoms with Crippen molar-refractivity contribution in [1.29, 1.82) is 0 Å². The fourth-order valence-electron chi connectivity index (χ4n) is 0.907. The summed E-state index contributed by atoms with van der Waals surface area (Å²) in [6.07, 6.45) is 0. The minimum absolute atomic E-state index is 0.269. The van der Waals surface area contributed by atoms with Crippen molar-refractivity contribution in [1.82, 2.24) is 0 Å². The van der Waals surface area contributed by atoms with Gasteiger partial charge in [-0.25, -0.2) is 13.2 Å². The summed E-state index contributed by atoms with van der Waals surface area (Å²) in [6.45, 7) is 1.53. The van der Waals surface area contributed by atoms with Crippen molar-refractivity contribution >= 4 is 15.9 Å². The average molecular weight is 239 g/mol. The van der Waals surface area contributed by atoms with Gasteiger partial charge in [-0.1, -0.05) is 15.9 Å². The molecule has 1 atom stereocenters. The zero-order chi connectivity index (χ0) is 9.30. The lowest BCUT2D eigenvalue weighted by molar-refractivity contribution is 0.481. The molecule has 1 unspecified atom stereocenters. The second kappa shape index (κ2) is 3.47. The Hall–Kier alpha value is -0.510. The lowest BCUT2D eigenvalue weighted by atomic mass is 10.1. The first-order chi connectivity index (χ1) is 5.54. The number of halogens is 4. The van der Waals surface area contributed by atoms with Crippen LogP contribution in [0.2, 0.25) is 0 Å². The number of benzene rings is 1. The zero-order valence-electron chi connectivity index (χ0n) is 6.24.